The number of esters is 1. The molecule has 1 unspecified atom stereocenters. The summed E-state index contributed by atoms with van der Waals surface area (Å²) >= 11 is 0. The minimum Gasteiger partial charge on any atom is -0.457 e. The third kappa shape index (κ3) is 41.0. The fourth-order valence-electron chi connectivity index (χ4n) is 6.35. The van der Waals surface area contributed by atoms with E-state index in [2.05, 4.69) is 50.3 Å². The minimum atomic E-state index is -0.536. The van der Waals surface area contributed by atoms with Crippen LogP contribution in [-0.2, 0) is 14.3 Å². The summed E-state index contributed by atoms with van der Waals surface area (Å²) in [5.74, 6) is -0.209. The molecule has 4 nitrogen and oxygen atoms in total. The van der Waals surface area contributed by atoms with Gasteiger partial charge >= 0.3 is 5.97 Å². The number of carbonyl (C=O) groups is 1. The highest BCUT2D eigenvalue weighted by molar-refractivity contribution is 5.69. The van der Waals surface area contributed by atoms with Crippen LogP contribution in [0.2, 0.25) is 0 Å². The van der Waals surface area contributed by atoms with Gasteiger partial charge in [-0.1, -0.05) is 185 Å². The molecule has 50 heavy (non-hydrogen) atoms. The van der Waals surface area contributed by atoms with Gasteiger partial charge in [0.05, 0.1) is 13.2 Å². The maximum absolute atomic E-state index is 12.2. The average molecular weight is 703 g/mol. The highest BCUT2D eigenvalue weighted by atomic mass is 16.6. The van der Waals surface area contributed by atoms with Crippen LogP contribution in [0.1, 0.15) is 226 Å². The molecule has 0 rings (SSSR count). The summed E-state index contributed by atoms with van der Waals surface area (Å²) in [6.45, 7) is 5.32. The maximum atomic E-state index is 12.2. The van der Waals surface area contributed by atoms with Crippen LogP contribution in [-0.4, -0.2) is 37.0 Å². The van der Waals surface area contributed by atoms with Gasteiger partial charge < -0.3 is 14.6 Å². The zero-order valence-corrected chi connectivity index (χ0v) is 33.7. The van der Waals surface area contributed by atoms with Crippen molar-refractivity contribution >= 4 is 5.97 Å². The van der Waals surface area contributed by atoms with Crippen LogP contribution in [0.25, 0.3) is 0 Å². The molecule has 0 bridgehead atoms. The highest BCUT2D eigenvalue weighted by Gasteiger charge is 2.13. The number of carbonyl (C=O) groups excluding carboxylic acids is 1. The molecule has 1 N–H and O–H groups in total. The number of unbranched alkanes of at least 4 members (excludes halogenated alkanes) is 27. The molecule has 0 aromatic heterocycles. The standard InChI is InChI=1S/C46H86O4/c1-3-5-7-9-11-13-15-17-18-19-20-21-22-23-24-25-26-27-28-29-30-32-34-36-38-40-42-49-44-45(43-47)50-46(48)41-39-37-35-33-31-16-14-12-10-8-6-4-2/h12,14-15,17,19-20,45,47H,3-11,13,16,18,21-44H2,1-2H3/b14-12-,17-15-,20-19-. The van der Waals surface area contributed by atoms with Crippen molar-refractivity contribution < 1.29 is 19.4 Å². The quantitative estimate of drug-likeness (QED) is 0.0391. The van der Waals surface area contributed by atoms with E-state index in [4.69, 9.17) is 9.47 Å². The van der Waals surface area contributed by atoms with Crippen molar-refractivity contribution in [3.8, 4) is 0 Å². The first-order chi connectivity index (χ1) is 24.7. The maximum Gasteiger partial charge on any atom is 0.306 e. The lowest BCUT2D eigenvalue weighted by molar-refractivity contribution is -0.154. The second-order valence-corrected chi connectivity index (χ2v) is 14.8. The summed E-state index contributed by atoms with van der Waals surface area (Å²) < 4.78 is 11.1. The Labute approximate surface area is 312 Å². The van der Waals surface area contributed by atoms with Crippen LogP contribution >= 0.6 is 0 Å². The van der Waals surface area contributed by atoms with E-state index in [9.17, 15) is 9.90 Å². The van der Waals surface area contributed by atoms with Gasteiger partial charge in [0.15, 0.2) is 0 Å². The predicted octanol–water partition coefficient (Wildman–Crippen LogP) is 14.5. The van der Waals surface area contributed by atoms with E-state index in [1.54, 1.807) is 0 Å². The molecule has 0 aliphatic heterocycles. The fourth-order valence-corrected chi connectivity index (χ4v) is 6.35. The van der Waals surface area contributed by atoms with Crippen molar-refractivity contribution in [3.63, 3.8) is 0 Å². The zero-order valence-electron chi connectivity index (χ0n) is 33.7. The SMILES string of the molecule is CCCCC/C=C\CCCCCCCC(=O)OC(CO)COCCCCCCCCCCCCCCCC/C=C\C/C=C\CCCCCCC. The molecule has 0 radical (unpaired) electrons. The number of ether oxygens (including phenoxy) is 2. The van der Waals surface area contributed by atoms with Crippen LogP contribution in [0.4, 0.5) is 0 Å². The normalized spacial score (nSPS) is 12.6. The van der Waals surface area contributed by atoms with Gasteiger partial charge in [0.1, 0.15) is 6.10 Å². The van der Waals surface area contributed by atoms with Gasteiger partial charge in [-0.3, -0.25) is 4.79 Å². The summed E-state index contributed by atoms with van der Waals surface area (Å²) in [4.78, 5) is 12.2. The molecular formula is C46H86O4. The molecule has 0 heterocycles. The molecule has 1 atom stereocenters. The van der Waals surface area contributed by atoms with Gasteiger partial charge in [-0.15, -0.1) is 0 Å². The van der Waals surface area contributed by atoms with Gasteiger partial charge in [0.2, 0.25) is 0 Å². The lowest BCUT2D eigenvalue weighted by Crippen LogP contribution is -2.27. The lowest BCUT2D eigenvalue weighted by atomic mass is 10.0. The first-order valence-corrected chi connectivity index (χ1v) is 22.1. The highest BCUT2D eigenvalue weighted by Crippen LogP contribution is 2.14. The Bertz CT molecular complexity index is 742. The zero-order chi connectivity index (χ0) is 36.3. The number of allylic oxidation sites excluding steroid dienone is 6. The van der Waals surface area contributed by atoms with E-state index < -0.39 is 6.10 Å². The van der Waals surface area contributed by atoms with Crippen LogP contribution in [0, 0.1) is 0 Å². The topological polar surface area (TPSA) is 55.8 Å². The summed E-state index contributed by atoms with van der Waals surface area (Å²) in [5, 5.41) is 9.58. The van der Waals surface area contributed by atoms with E-state index in [-0.39, 0.29) is 12.6 Å². The van der Waals surface area contributed by atoms with Crippen LogP contribution in [0.15, 0.2) is 36.5 Å². The largest absolute Gasteiger partial charge is 0.457 e. The predicted molar refractivity (Wildman–Crippen MR) is 219 cm³/mol. The Morgan fingerprint density at radius 2 is 0.840 bits per heavy atom. The van der Waals surface area contributed by atoms with E-state index in [1.165, 1.54) is 180 Å². The average Bonchev–Trinajstić information content (AvgIpc) is 3.12. The first kappa shape index (κ1) is 48.6. The van der Waals surface area contributed by atoms with Crippen LogP contribution in [0.5, 0.6) is 0 Å². The Balaban J connectivity index is 3.37. The van der Waals surface area contributed by atoms with E-state index in [1.807, 2.05) is 0 Å². The van der Waals surface area contributed by atoms with Crippen molar-refractivity contribution in [2.45, 2.75) is 232 Å². The van der Waals surface area contributed by atoms with Crippen molar-refractivity contribution in [1.29, 1.82) is 0 Å². The van der Waals surface area contributed by atoms with E-state index in [0.717, 1.165) is 25.7 Å². The second kappa shape index (κ2) is 43.8. The Morgan fingerprint density at radius 3 is 1.30 bits per heavy atom. The molecule has 0 amide bonds. The number of hydrogen-bond acceptors (Lipinski definition) is 4. The molecule has 0 aliphatic carbocycles. The van der Waals surface area contributed by atoms with Crippen LogP contribution < -0.4 is 0 Å². The molecule has 0 aromatic rings. The fraction of sp³-hybridized carbons (Fsp3) is 0.848. The van der Waals surface area contributed by atoms with Crippen LogP contribution in [0.3, 0.4) is 0 Å². The Hall–Kier alpha value is -1.39. The minimum absolute atomic E-state index is 0.173. The molecule has 0 aromatic carbocycles. The number of hydrogen-bond donors (Lipinski definition) is 1. The van der Waals surface area contributed by atoms with Crippen molar-refractivity contribution in [3.05, 3.63) is 36.5 Å². The number of aliphatic hydroxyl groups excluding tert-OH is 1. The second-order valence-electron chi connectivity index (χ2n) is 14.8. The molecule has 0 saturated heterocycles. The van der Waals surface area contributed by atoms with Gasteiger partial charge in [0.25, 0.3) is 0 Å². The Morgan fingerprint density at radius 1 is 0.480 bits per heavy atom. The number of aliphatic hydroxyl groups is 1. The number of rotatable bonds is 41. The molecule has 294 valence electrons. The first-order valence-electron chi connectivity index (χ1n) is 22.1. The molecule has 0 saturated carbocycles. The summed E-state index contributed by atoms with van der Waals surface area (Å²) in [5.41, 5.74) is 0. The third-order valence-electron chi connectivity index (χ3n) is 9.69. The molecule has 4 heteroatoms. The molecule has 0 fully saturated rings. The van der Waals surface area contributed by atoms with Gasteiger partial charge in [0, 0.05) is 13.0 Å². The monoisotopic (exact) mass is 703 g/mol. The molecule has 0 aliphatic rings. The summed E-state index contributed by atoms with van der Waals surface area (Å²) in [6.07, 6.45) is 55.0. The Kier molecular flexibility index (Phi) is 42.6. The van der Waals surface area contributed by atoms with Gasteiger partial charge in [-0.05, 0) is 70.6 Å². The third-order valence-corrected chi connectivity index (χ3v) is 9.69. The summed E-state index contributed by atoms with van der Waals surface area (Å²) in [7, 11) is 0. The van der Waals surface area contributed by atoms with Crippen molar-refractivity contribution in [2.24, 2.45) is 0 Å². The van der Waals surface area contributed by atoms with E-state index >= 15 is 0 Å². The van der Waals surface area contributed by atoms with Crippen molar-refractivity contribution in [2.75, 3.05) is 19.8 Å². The van der Waals surface area contributed by atoms with Gasteiger partial charge in [-0.2, -0.15) is 0 Å². The van der Waals surface area contributed by atoms with Gasteiger partial charge in [-0.25, -0.2) is 0 Å². The lowest BCUT2D eigenvalue weighted by Gasteiger charge is -2.15. The van der Waals surface area contributed by atoms with E-state index in [0.29, 0.717) is 19.6 Å². The molecular weight excluding hydrogens is 617 g/mol. The smallest absolute Gasteiger partial charge is 0.306 e. The summed E-state index contributed by atoms with van der Waals surface area (Å²) in [6, 6.07) is 0. The molecule has 0 spiro atoms. The van der Waals surface area contributed by atoms with Crippen molar-refractivity contribution in [1.82, 2.24) is 0 Å².